The molecule has 21 heavy (non-hydrogen) atoms. The van der Waals surface area contributed by atoms with Crippen LogP contribution in [-0.2, 0) is 33.2 Å². The summed E-state index contributed by atoms with van der Waals surface area (Å²) in [5.74, 6) is -1.23. The number of fused-ring (bicyclic) bond motifs is 1. The monoisotopic (exact) mass is 300 g/mol. The Labute approximate surface area is 123 Å². The number of esters is 1. The van der Waals surface area contributed by atoms with E-state index in [0.29, 0.717) is 18.1 Å². The summed E-state index contributed by atoms with van der Waals surface area (Å²) in [6, 6.07) is 0. The zero-order chi connectivity index (χ0) is 15.4. The molecular formula is C14H20O7. The molecule has 0 saturated carbocycles. The summed E-state index contributed by atoms with van der Waals surface area (Å²) in [5.41, 5.74) is 0. The first-order valence-electron chi connectivity index (χ1n) is 6.93. The van der Waals surface area contributed by atoms with Crippen molar-refractivity contribution < 1.29 is 33.2 Å². The highest BCUT2D eigenvalue weighted by Gasteiger charge is 2.54. The highest BCUT2D eigenvalue weighted by Crippen LogP contribution is 2.43. The average Bonchev–Trinajstić information content (AvgIpc) is 2.90. The van der Waals surface area contributed by atoms with Crippen LogP contribution in [0.1, 0.15) is 34.6 Å². The number of carbonyl (C=O) groups excluding carboxylic acids is 1. The standard InChI is InChI=1S/C14H20O7/c1-7(15)17-10-9(8-6-16-13(2,3)19-8)18-12-11(10)20-14(4,5)21-12/h8,11-12H,6H2,1-5H3/t8-,11+,12+/m0/s1. The summed E-state index contributed by atoms with van der Waals surface area (Å²) in [6.45, 7) is 8.82. The average molecular weight is 300 g/mol. The van der Waals surface area contributed by atoms with Crippen LogP contribution >= 0.6 is 0 Å². The molecule has 0 N–H and O–H groups in total. The Morgan fingerprint density at radius 3 is 2.43 bits per heavy atom. The van der Waals surface area contributed by atoms with E-state index in [4.69, 9.17) is 28.4 Å². The van der Waals surface area contributed by atoms with Crippen LogP contribution in [-0.4, -0.2) is 42.6 Å². The van der Waals surface area contributed by atoms with Crippen LogP contribution in [0.15, 0.2) is 11.5 Å². The van der Waals surface area contributed by atoms with E-state index in [1.54, 1.807) is 13.8 Å². The van der Waals surface area contributed by atoms with Crippen molar-refractivity contribution in [3.8, 4) is 0 Å². The van der Waals surface area contributed by atoms with E-state index in [1.807, 2.05) is 13.8 Å². The third-order valence-corrected chi connectivity index (χ3v) is 3.36. The lowest BCUT2D eigenvalue weighted by atomic mass is 10.2. The van der Waals surface area contributed by atoms with E-state index in [2.05, 4.69) is 0 Å². The summed E-state index contributed by atoms with van der Waals surface area (Å²) in [6.07, 6.45) is -1.67. The van der Waals surface area contributed by atoms with Crippen LogP contribution in [0.5, 0.6) is 0 Å². The summed E-state index contributed by atoms with van der Waals surface area (Å²) in [4.78, 5) is 11.4. The van der Waals surface area contributed by atoms with Crippen LogP contribution in [0.2, 0.25) is 0 Å². The van der Waals surface area contributed by atoms with E-state index in [9.17, 15) is 4.79 Å². The van der Waals surface area contributed by atoms with E-state index < -0.39 is 36.0 Å². The van der Waals surface area contributed by atoms with Crippen molar-refractivity contribution in [3.05, 3.63) is 11.5 Å². The normalized spacial score (nSPS) is 36.5. The number of hydrogen-bond acceptors (Lipinski definition) is 7. The molecule has 0 aliphatic carbocycles. The van der Waals surface area contributed by atoms with Gasteiger partial charge in [0.15, 0.2) is 29.2 Å². The third-order valence-electron chi connectivity index (χ3n) is 3.36. The van der Waals surface area contributed by atoms with Gasteiger partial charge in [-0.1, -0.05) is 0 Å². The van der Waals surface area contributed by atoms with Gasteiger partial charge in [-0.05, 0) is 27.7 Å². The summed E-state index contributed by atoms with van der Waals surface area (Å²) >= 11 is 0. The number of ether oxygens (including phenoxy) is 6. The molecule has 7 nitrogen and oxygen atoms in total. The van der Waals surface area contributed by atoms with E-state index in [-0.39, 0.29) is 0 Å². The zero-order valence-electron chi connectivity index (χ0n) is 12.8. The first-order chi connectivity index (χ1) is 9.67. The molecule has 3 rings (SSSR count). The highest BCUT2D eigenvalue weighted by molar-refractivity contribution is 5.67. The second kappa shape index (κ2) is 4.67. The Morgan fingerprint density at radius 2 is 1.86 bits per heavy atom. The fourth-order valence-electron chi connectivity index (χ4n) is 2.63. The third kappa shape index (κ3) is 2.78. The van der Waals surface area contributed by atoms with Crippen molar-refractivity contribution in [3.63, 3.8) is 0 Å². The van der Waals surface area contributed by atoms with Crippen molar-refractivity contribution in [2.75, 3.05) is 6.61 Å². The molecule has 3 aliphatic rings. The SMILES string of the molecule is CC(=O)OC1=C([C@@H]2COC(C)(C)O2)O[C@@H]2OC(C)(C)O[C@H]12. The molecule has 0 aromatic heterocycles. The lowest BCUT2D eigenvalue weighted by Gasteiger charge is -2.21. The van der Waals surface area contributed by atoms with Gasteiger partial charge in [0.1, 0.15) is 6.10 Å². The van der Waals surface area contributed by atoms with Gasteiger partial charge in [0, 0.05) is 6.92 Å². The Bertz CT molecular complexity index is 494. The summed E-state index contributed by atoms with van der Waals surface area (Å²) in [5, 5.41) is 0. The quantitative estimate of drug-likeness (QED) is 0.714. The van der Waals surface area contributed by atoms with Gasteiger partial charge in [-0.25, -0.2) is 0 Å². The van der Waals surface area contributed by atoms with Crippen molar-refractivity contribution in [2.45, 2.75) is 64.7 Å². The molecule has 0 spiro atoms. The van der Waals surface area contributed by atoms with Crippen LogP contribution < -0.4 is 0 Å². The lowest BCUT2D eigenvalue weighted by Crippen LogP contribution is -2.26. The Hall–Kier alpha value is -1.15. The minimum atomic E-state index is -0.793. The van der Waals surface area contributed by atoms with Crippen LogP contribution in [0.4, 0.5) is 0 Å². The number of carbonyl (C=O) groups is 1. The van der Waals surface area contributed by atoms with Crippen molar-refractivity contribution >= 4 is 5.97 Å². The predicted octanol–water partition coefficient (Wildman–Crippen LogP) is 1.42. The van der Waals surface area contributed by atoms with Crippen molar-refractivity contribution in [1.82, 2.24) is 0 Å². The highest BCUT2D eigenvalue weighted by atomic mass is 16.8. The molecule has 0 radical (unpaired) electrons. The van der Waals surface area contributed by atoms with Crippen LogP contribution in [0.25, 0.3) is 0 Å². The van der Waals surface area contributed by atoms with Gasteiger partial charge in [-0.3, -0.25) is 4.79 Å². The van der Waals surface area contributed by atoms with Gasteiger partial charge in [0.05, 0.1) is 6.61 Å². The molecule has 3 heterocycles. The van der Waals surface area contributed by atoms with Crippen LogP contribution in [0.3, 0.4) is 0 Å². The molecule has 3 atom stereocenters. The molecule has 0 bridgehead atoms. The lowest BCUT2D eigenvalue weighted by molar-refractivity contribution is -0.190. The van der Waals surface area contributed by atoms with Gasteiger partial charge in [-0.2, -0.15) is 0 Å². The van der Waals surface area contributed by atoms with E-state index in [0.717, 1.165) is 0 Å². The minimum absolute atomic E-state index is 0.310. The Balaban J connectivity index is 1.87. The summed E-state index contributed by atoms with van der Waals surface area (Å²) in [7, 11) is 0. The first kappa shape index (κ1) is 14.8. The fraction of sp³-hybridized carbons (Fsp3) is 0.786. The van der Waals surface area contributed by atoms with Gasteiger partial charge >= 0.3 is 5.97 Å². The molecule has 0 aromatic rings. The van der Waals surface area contributed by atoms with Gasteiger partial charge in [-0.15, -0.1) is 0 Å². The zero-order valence-corrected chi connectivity index (χ0v) is 12.8. The second-order valence-electron chi connectivity index (χ2n) is 6.18. The maximum Gasteiger partial charge on any atom is 0.307 e. The summed E-state index contributed by atoms with van der Waals surface area (Å²) < 4.78 is 33.7. The molecule has 0 unspecified atom stereocenters. The van der Waals surface area contributed by atoms with Crippen molar-refractivity contribution in [2.24, 2.45) is 0 Å². The molecule has 0 aromatic carbocycles. The minimum Gasteiger partial charge on any atom is -0.459 e. The Morgan fingerprint density at radius 1 is 1.14 bits per heavy atom. The molecule has 2 fully saturated rings. The predicted molar refractivity (Wildman–Crippen MR) is 68.6 cm³/mol. The maximum absolute atomic E-state index is 11.4. The topological polar surface area (TPSA) is 72.5 Å². The van der Waals surface area contributed by atoms with Gasteiger partial charge in [0.2, 0.25) is 6.29 Å². The maximum atomic E-state index is 11.4. The van der Waals surface area contributed by atoms with Crippen molar-refractivity contribution in [1.29, 1.82) is 0 Å². The number of rotatable bonds is 2. The van der Waals surface area contributed by atoms with Gasteiger partial charge < -0.3 is 28.4 Å². The van der Waals surface area contributed by atoms with Gasteiger partial charge in [0.25, 0.3) is 0 Å². The largest absolute Gasteiger partial charge is 0.459 e. The molecule has 0 amide bonds. The number of hydrogen-bond donors (Lipinski definition) is 0. The van der Waals surface area contributed by atoms with Crippen LogP contribution in [0, 0.1) is 0 Å². The molecule has 3 aliphatic heterocycles. The molecule has 118 valence electrons. The first-order valence-corrected chi connectivity index (χ1v) is 6.93. The molecule has 7 heteroatoms. The fourth-order valence-corrected chi connectivity index (χ4v) is 2.63. The molecular weight excluding hydrogens is 280 g/mol. The Kier molecular flexibility index (Phi) is 3.29. The van der Waals surface area contributed by atoms with E-state index >= 15 is 0 Å². The second-order valence-corrected chi connectivity index (χ2v) is 6.18. The molecule has 2 saturated heterocycles. The smallest absolute Gasteiger partial charge is 0.307 e. The van der Waals surface area contributed by atoms with E-state index in [1.165, 1.54) is 6.92 Å².